The molecule has 0 saturated carbocycles. The number of carbonyl (C=O) groups excluding carboxylic acids is 1. The molecule has 3 nitrogen and oxygen atoms in total. The third-order valence-corrected chi connectivity index (χ3v) is 2.98. The van der Waals surface area contributed by atoms with Crippen molar-refractivity contribution in [2.45, 2.75) is 6.92 Å². The van der Waals surface area contributed by atoms with E-state index >= 15 is 0 Å². The molecule has 2 aromatic carbocycles. The summed E-state index contributed by atoms with van der Waals surface area (Å²) in [4.78, 5) is 11.6. The van der Waals surface area contributed by atoms with Crippen LogP contribution in [0.5, 0.6) is 0 Å². The van der Waals surface area contributed by atoms with Crippen molar-refractivity contribution >= 4 is 29.8 Å². The molecule has 0 saturated heterocycles. The predicted octanol–water partition coefficient (Wildman–Crippen LogP) is 3.81. The van der Waals surface area contributed by atoms with Gasteiger partial charge in [-0.25, -0.2) is 5.43 Å². The summed E-state index contributed by atoms with van der Waals surface area (Å²) < 4.78 is 0. The maximum Gasteiger partial charge on any atom is 0.264 e. The highest BCUT2D eigenvalue weighted by molar-refractivity contribution is 6.30. The number of halogens is 1. The van der Waals surface area contributed by atoms with Crippen LogP contribution < -0.4 is 5.43 Å². The quantitative estimate of drug-likeness (QED) is 0.520. The third-order valence-electron chi connectivity index (χ3n) is 2.74. The topological polar surface area (TPSA) is 41.5 Å². The highest BCUT2D eigenvalue weighted by Gasteiger charge is 1.93. The third kappa shape index (κ3) is 5.24. The van der Waals surface area contributed by atoms with Crippen LogP contribution in [0, 0.1) is 6.92 Å². The van der Waals surface area contributed by atoms with Crippen molar-refractivity contribution < 1.29 is 4.79 Å². The van der Waals surface area contributed by atoms with Crippen LogP contribution in [0.4, 0.5) is 0 Å². The molecule has 0 fully saturated rings. The lowest BCUT2D eigenvalue weighted by molar-refractivity contribution is -0.116. The van der Waals surface area contributed by atoms with Crippen molar-refractivity contribution in [3.05, 3.63) is 76.3 Å². The number of carbonyl (C=O) groups is 1. The fourth-order valence-corrected chi connectivity index (χ4v) is 1.84. The lowest BCUT2D eigenvalue weighted by Crippen LogP contribution is -2.14. The van der Waals surface area contributed by atoms with E-state index in [0.717, 1.165) is 11.1 Å². The summed E-state index contributed by atoms with van der Waals surface area (Å²) >= 11 is 5.85. The van der Waals surface area contributed by atoms with E-state index < -0.39 is 0 Å². The second kappa shape index (κ2) is 7.41. The Kier molecular flexibility index (Phi) is 5.29. The maximum absolute atomic E-state index is 11.6. The monoisotopic (exact) mass is 298 g/mol. The van der Waals surface area contributed by atoms with E-state index in [0.29, 0.717) is 5.02 Å². The molecule has 0 aliphatic heterocycles. The number of benzene rings is 2. The van der Waals surface area contributed by atoms with Gasteiger partial charge in [-0.2, -0.15) is 5.10 Å². The Hall–Kier alpha value is -2.39. The van der Waals surface area contributed by atoms with Gasteiger partial charge in [0.05, 0.1) is 6.21 Å². The summed E-state index contributed by atoms with van der Waals surface area (Å²) in [6, 6.07) is 15.1. The molecule has 0 radical (unpaired) electrons. The molecular formula is C17H15ClN2O. The molecule has 0 unspecified atom stereocenters. The lowest BCUT2D eigenvalue weighted by Gasteiger charge is -1.96. The van der Waals surface area contributed by atoms with Gasteiger partial charge in [0, 0.05) is 11.1 Å². The zero-order valence-corrected chi connectivity index (χ0v) is 12.3. The van der Waals surface area contributed by atoms with E-state index in [1.54, 1.807) is 24.4 Å². The van der Waals surface area contributed by atoms with Crippen LogP contribution in [-0.4, -0.2) is 12.1 Å². The van der Waals surface area contributed by atoms with Gasteiger partial charge in [-0.1, -0.05) is 53.6 Å². The van der Waals surface area contributed by atoms with Gasteiger partial charge in [-0.05, 0) is 36.3 Å². The second-order valence-corrected chi connectivity index (χ2v) is 4.97. The maximum atomic E-state index is 11.6. The van der Waals surface area contributed by atoms with Crippen LogP contribution in [-0.2, 0) is 4.79 Å². The first kappa shape index (κ1) is 15.0. The number of nitrogens with zero attached hydrogens (tertiary/aromatic N) is 1. The minimum atomic E-state index is -0.283. The van der Waals surface area contributed by atoms with Crippen LogP contribution >= 0.6 is 11.6 Å². The Morgan fingerprint density at radius 1 is 1.14 bits per heavy atom. The van der Waals surface area contributed by atoms with E-state index in [-0.39, 0.29) is 5.91 Å². The van der Waals surface area contributed by atoms with E-state index in [4.69, 9.17) is 11.6 Å². The Bertz CT molecular complexity index is 675. The fourth-order valence-electron chi connectivity index (χ4n) is 1.64. The second-order valence-electron chi connectivity index (χ2n) is 4.53. The van der Waals surface area contributed by atoms with E-state index in [9.17, 15) is 4.79 Å². The molecule has 106 valence electrons. The van der Waals surface area contributed by atoms with Gasteiger partial charge >= 0.3 is 0 Å². The van der Waals surface area contributed by atoms with E-state index in [1.165, 1.54) is 11.6 Å². The molecule has 0 bridgehead atoms. The Labute approximate surface area is 129 Å². The summed E-state index contributed by atoms with van der Waals surface area (Å²) in [5.74, 6) is -0.283. The fraction of sp³-hybridized carbons (Fsp3) is 0.0588. The van der Waals surface area contributed by atoms with Crippen LogP contribution in [0.2, 0.25) is 5.02 Å². The van der Waals surface area contributed by atoms with Crippen molar-refractivity contribution in [3.63, 3.8) is 0 Å². The van der Waals surface area contributed by atoms with E-state index in [2.05, 4.69) is 10.5 Å². The largest absolute Gasteiger partial charge is 0.268 e. The molecule has 1 N–H and O–H groups in total. The lowest BCUT2D eigenvalue weighted by atomic mass is 10.1. The molecule has 1 amide bonds. The first-order valence-electron chi connectivity index (χ1n) is 6.47. The van der Waals surface area contributed by atoms with Gasteiger partial charge in [-0.3, -0.25) is 4.79 Å². The number of nitrogens with one attached hydrogen (secondary N) is 1. The molecule has 0 aromatic heterocycles. The number of aryl methyl sites for hydroxylation is 1. The summed E-state index contributed by atoms with van der Waals surface area (Å²) in [7, 11) is 0. The van der Waals surface area contributed by atoms with Crippen LogP contribution in [0.1, 0.15) is 16.7 Å². The molecule has 4 heteroatoms. The first-order valence-corrected chi connectivity index (χ1v) is 6.84. The van der Waals surface area contributed by atoms with Crippen LogP contribution in [0.15, 0.2) is 59.7 Å². The van der Waals surface area contributed by atoms with Crippen molar-refractivity contribution in [1.29, 1.82) is 0 Å². The van der Waals surface area contributed by atoms with Gasteiger partial charge in [0.1, 0.15) is 0 Å². The standard InChI is InChI=1S/C17H15ClN2O/c1-13-5-7-14(8-6-13)9-10-17(21)20-19-12-15-3-2-4-16(18)11-15/h2-12H,1H3,(H,20,21)/b10-9+,19-12-. The Balaban J connectivity index is 1.88. The Morgan fingerprint density at radius 3 is 2.62 bits per heavy atom. The van der Waals surface area contributed by atoms with Gasteiger partial charge in [0.2, 0.25) is 0 Å². The van der Waals surface area contributed by atoms with Crippen molar-refractivity contribution in [3.8, 4) is 0 Å². The summed E-state index contributed by atoms with van der Waals surface area (Å²) in [5.41, 5.74) is 5.41. The molecule has 0 spiro atoms. The molecule has 0 aliphatic carbocycles. The molecular weight excluding hydrogens is 284 g/mol. The van der Waals surface area contributed by atoms with Crippen LogP contribution in [0.25, 0.3) is 6.08 Å². The Morgan fingerprint density at radius 2 is 1.90 bits per heavy atom. The molecule has 2 aromatic rings. The highest BCUT2D eigenvalue weighted by atomic mass is 35.5. The SMILES string of the molecule is Cc1ccc(/C=C/C(=O)N/N=C\c2cccc(Cl)c2)cc1. The van der Waals surface area contributed by atoms with Crippen molar-refractivity contribution in [2.75, 3.05) is 0 Å². The highest BCUT2D eigenvalue weighted by Crippen LogP contribution is 2.08. The summed E-state index contributed by atoms with van der Waals surface area (Å²) in [6.45, 7) is 2.02. The number of hydrazone groups is 1. The van der Waals surface area contributed by atoms with Gasteiger partial charge in [0.25, 0.3) is 5.91 Å². The van der Waals surface area contributed by atoms with Gasteiger partial charge < -0.3 is 0 Å². The molecule has 21 heavy (non-hydrogen) atoms. The smallest absolute Gasteiger partial charge is 0.264 e. The minimum absolute atomic E-state index is 0.283. The number of hydrogen-bond acceptors (Lipinski definition) is 2. The zero-order valence-electron chi connectivity index (χ0n) is 11.6. The zero-order chi connectivity index (χ0) is 15.1. The number of amides is 1. The van der Waals surface area contributed by atoms with E-state index in [1.807, 2.05) is 43.3 Å². The minimum Gasteiger partial charge on any atom is -0.268 e. The normalized spacial score (nSPS) is 11.1. The summed E-state index contributed by atoms with van der Waals surface area (Å²) in [6.07, 6.45) is 4.73. The molecule has 0 aliphatic rings. The first-order chi connectivity index (χ1) is 10.1. The van der Waals surface area contributed by atoms with Crippen LogP contribution in [0.3, 0.4) is 0 Å². The predicted molar refractivity (Wildman–Crippen MR) is 87.4 cm³/mol. The van der Waals surface area contributed by atoms with Crippen molar-refractivity contribution in [2.24, 2.45) is 5.10 Å². The summed E-state index contributed by atoms with van der Waals surface area (Å²) in [5, 5.41) is 4.50. The van der Waals surface area contributed by atoms with Gasteiger partial charge in [-0.15, -0.1) is 0 Å². The average Bonchev–Trinajstić information content (AvgIpc) is 2.47. The van der Waals surface area contributed by atoms with Gasteiger partial charge in [0.15, 0.2) is 0 Å². The molecule has 0 atom stereocenters. The average molecular weight is 299 g/mol. The number of rotatable bonds is 4. The molecule has 0 heterocycles. The number of hydrogen-bond donors (Lipinski definition) is 1. The molecule has 2 rings (SSSR count). The van der Waals surface area contributed by atoms with Crippen molar-refractivity contribution in [1.82, 2.24) is 5.43 Å².